The van der Waals surface area contributed by atoms with Crippen LogP contribution in [-0.2, 0) is 4.79 Å². The van der Waals surface area contributed by atoms with Gasteiger partial charge in [-0.1, -0.05) is 0 Å². The Morgan fingerprint density at radius 2 is 1.95 bits per heavy atom. The van der Waals surface area contributed by atoms with Crippen molar-refractivity contribution in [2.75, 3.05) is 18.7 Å². The molecule has 4 nitrogen and oxygen atoms in total. The topological polar surface area (TPSA) is 63.6 Å². The molecule has 1 rings (SSSR count). The molecule has 7 heteroatoms. The Bertz CT molecular complexity index is 464. The number of rotatable bonds is 8. The fourth-order valence-electron chi connectivity index (χ4n) is 1.50. The third-order valence-electron chi connectivity index (χ3n) is 2.51. The van der Waals surface area contributed by atoms with Crippen LogP contribution in [0.15, 0.2) is 24.3 Å². The van der Waals surface area contributed by atoms with E-state index in [1.165, 1.54) is 7.11 Å². The van der Waals surface area contributed by atoms with E-state index in [0.717, 1.165) is 11.8 Å². The summed E-state index contributed by atoms with van der Waals surface area (Å²) in [6.45, 7) is 0. The van der Waals surface area contributed by atoms with Crippen molar-refractivity contribution in [3.8, 4) is 5.75 Å². The first-order chi connectivity index (χ1) is 9.51. The number of ketones is 1. The predicted octanol–water partition coefficient (Wildman–Crippen LogP) is 2.91. The van der Waals surface area contributed by atoms with Crippen molar-refractivity contribution >= 4 is 46.7 Å². The summed E-state index contributed by atoms with van der Waals surface area (Å²) in [6, 6.07) is 6.36. The average Bonchev–Trinajstić information content (AvgIpc) is 2.46. The highest BCUT2D eigenvalue weighted by Gasteiger charge is 2.32. The van der Waals surface area contributed by atoms with Gasteiger partial charge in [-0.2, -0.15) is 0 Å². The van der Waals surface area contributed by atoms with Gasteiger partial charge in [0.1, 0.15) is 16.4 Å². The maximum atomic E-state index is 12.2. The van der Waals surface area contributed by atoms with Gasteiger partial charge in [-0.15, -0.1) is 35.0 Å². The van der Waals surface area contributed by atoms with E-state index in [2.05, 4.69) is 0 Å². The molecular formula is C13H14Cl2O4S. The molecule has 20 heavy (non-hydrogen) atoms. The molecule has 0 bridgehead atoms. The second-order valence-corrected chi connectivity index (χ2v) is 5.91. The largest absolute Gasteiger partial charge is 0.497 e. The normalized spacial score (nSPS) is 13.6. The van der Waals surface area contributed by atoms with Gasteiger partial charge in [-0.3, -0.25) is 9.59 Å². The maximum absolute atomic E-state index is 12.2. The van der Waals surface area contributed by atoms with Gasteiger partial charge in [0.15, 0.2) is 5.78 Å². The molecule has 0 aliphatic carbocycles. The van der Waals surface area contributed by atoms with Crippen LogP contribution < -0.4 is 4.74 Å². The van der Waals surface area contributed by atoms with Gasteiger partial charge in [-0.05, 0) is 24.3 Å². The number of carbonyl (C=O) groups excluding carboxylic acids is 1. The zero-order chi connectivity index (χ0) is 15.1. The molecule has 1 N–H and O–H groups in total. The molecule has 0 amide bonds. The van der Waals surface area contributed by atoms with Gasteiger partial charge in [0.05, 0.1) is 7.11 Å². The Hall–Kier alpha value is -0.910. The lowest BCUT2D eigenvalue weighted by atomic mass is 10.1. The second kappa shape index (κ2) is 8.39. The van der Waals surface area contributed by atoms with Crippen molar-refractivity contribution in [3.63, 3.8) is 0 Å². The maximum Gasteiger partial charge on any atom is 0.318 e. The number of alkyl halides is 2. The summed E-state index contributed by atoms with van der Waals surface area (Å²) in [5.41, 5.74) is 0.350. The number of benzene rings is 1. The van der Waals surface area contributed by atoms with Crippen molar-refractivity contribution in [2.45, 2.75) is 10.6 Å². The molecule has 1 aromatic carbocycles. The molecule has 0 aliphatic heterocycles. The van der Waals surface area contributed by atoms with E-state index in [1.54, 1.807) is 24.3 Å². The number of aliphatic carboxylic acids is 1. The van der Waals surface area contributed by atoms with Crippen molar-refractivity contribution in [3.05, 3.63) is 29.8 Å². The highest BCUT2D eigenvalue weighted by molar-refractivity contribution is 8.00. The molecule has 0 aliphatic rings. The summed E-state index contributed by atoms with van der Waals surface area (Å²) in [5, 5.41) is 6.96. The standard InChI is InChI=1S/C13H14Cl2O4S/c1-19-9-4-2-8(3-5-9)11(16)10(15)12(13(17)18)20-7-6-14/h2-5,10,12H,6-7H2,1H3,(H,17,18)/t10-,12+/m1/s1. The summed E-state index contributed by atoms with van der Waals surface area (Å²) in [5.74, 6) is -0.225. The Labute approximate surface area is 131 Å². The number of Topliss-reactive ketones (excluding diaryl/α,β-unsaturated/α-hetero) is 1. The fraction of sp³-hybridized carbons (Fsp3) is 0.385. The van der Waals surface area contributed by atoms with E-state index in [0.29, 0.717) is 22.9 Å². The molecule has 0 unspecified atom stereocenters. The van der Waals surface area contributed by atoms with E-state index in [-0.39, 0.29) is 0 Å². The smallest absolute Gasteiger partial charge is 0.318 e. The van der Waals surface area contributed by atoms with E-state index >= 15 is 0 Å². The van der Waals surface area contributed by atoms with Crippen LogP contribution in [-0.4, -0.2) is 46.2 Å². The molecule has 0 saturated carbocycles. The van der Waals surface area contributed by atoms with Crippen LogP contribution in [0.2, 0.25) is 0 Å². The quantitative estimate of drug-likeness (QED) is 0.584. The Balaban J connectivity index is 2.83. The third kappa shape index (κ3) is 4.58. The molecular weight excluding hydrogens is 323 g/mol. The molecule has 0 aromatic heterocycles. The lowest BCUT2D eigenvalue weighted by Gasteiger charge is -2.16. The van der Waals surface area contributed by atoms with Crippen molar-refractivity contribution < 1.29 is 19.4 Å². The first kappa shape index (κ1) is 17.1. The van der Waals surface area contributed by atoms with Crippen LogP contribution in [0.25, 0.3) is 0 Å². The van der Waals surface area contributed by atoms with Crippen LogP contribution >= 0.6 is 35.0 Å². The van der Waals surface area contributed by atoms with E-state index in [1.807, 2.05) is 0 Å². The van der Waals surface area contributed by atoms with Crippen molar-refractivity contribution in [2.24, 2.45) is 0 Å². The highest BCUT2D eigenvalue weighted by atomic mass is 35.5. The SMILES string of the molecule is COc1ccc(C(=O)[C@@H](Cl)[C@H](SCCCl)C(=O)O)cc1. The second-order valence-electron chi connectivity index (χ2n) is 3.81. The number of thioether (sulfide) groups is 1. The number of carboxylic acid groups (broad SMARTS) is 1. The molecule has 0 heterocycles. The minimum absolute atomic E-state index is 0.300. The highest BCUT2D eigenvalue weighted by Crippen LogP contribution is 2.24. The Morgan fingerprint density at radius 3 is 2.40 bits per heavy atom. The van der Waals surface area contributed by atoms with Gasteiger partial charge in [0.25, 0.3) is 0 Å². The summed E-state index contributed by atoms with van der Waals surface area (Å²) < 4.78 is 4.99. The van der Waals surface area contributed by atoms with Crippen molar-refractivity contribution in [1.82, 2.24) is 0 Å². The summed E-state index contributed by atoms with van der Waals surface area (Å²) in [4.78, 5) is 23.3. The number of ether oxygens (including phenoxy) is 1. The Morgan fingerprint density at radius 1 is 1.35 bits per heavy atom. The molecule has 0 fully saturated rings. The monoisotopic (exact) mass is 336 g/mol. The lowest BCUT2D eigenvalue weighted by molar-refractivity contribution is -0.136. The van der Waals surface area contributed by atoms with E-state index < -0.39 is 22.4 Å². The Kier molecular flexibility index (Phi) is 7.19. The number of carbonyl (C=O) groups is 2. The molecule has 0 saturated heterocycles. The molecule has 1 aromatic rings. The van der Waals surface area contributed by atoms with Crippen LogP contribution in [0, 0.1) is 0 Å². The minimum atomic E-state index is -1.14. The van der Waals surface area contributed by atoms with E-state index in [4.69, 9.17) is 33.0 Å². The van der Waals surface area contributed by atoms with Gasteiger partial charge in [-0.25, -0.2) is 0 Å². The van der Waals surface area contributed by atoms with Crippen LogP contribution in [0.1, 0.15) is 10.4 Å². The van der Waals surface area contributed by atoms with Crippen LogP contribution in [0.4, 0.5) is 0 Å². The predicted molar refractivity (Wildman–Crippen MR) is 81.6 cm³/mol. The van der Waals surface area contributed by atoms with Gasteiger partial charge in [0, 0.05) is 17.2 Å². The molecule has 0 spiro atoms. The number of carboxylic acids is 1. The fourth-order valence-corrected chi connectivity index (χ4v) is 3.00. The third-order valence-corrected chi connectivity index (χ3v) is 4.79. The van der Waals surface area contributed by atoms with Crippen LogP contribution in [0.5, 0.6) is 5.75 Å². The number of hydrogen-bond acceptors (Lipinski definition) is 4. The molecule has 0 radical (unpaired) electrons. The number of methoxy groups -OCH3 is 1. The van der Waals surface area contributed by atoms with Gasteiger partial charge in [0.2, 0.25) is 0 Å². The first-order valence-corrected chi connectivity index (χ1v) is 7.76. The van der Waals surface area contributed by atoms with Gasteiger partial charge >= 0.3 is 5.97 Å². The number of halogens is 2. The summed E-state index contributed by atoms with van der Waals surface area (Å²) >= 11 is 12.6. The van der Waals surface area contributed by atoms with E-state index in [9.17, 15) is 9.59 Å². The average molecular weight is 337 g/mol. The zero-order valence-electron chi connectivity index (χ0n) is 10.7. The summed E-state index contributed by atoms with van der Waals surface area (Å²) in [7, 11) is 1.52. The number of hydrogen-bond donors (Lipinski definition) is 1. The minimum Gasteiger partial charge on any atom is -0.497 e. The first-order valence-electron chi connectivity index (χ1n) is 5.74. The molecule has 110 valence electrons. The van der Waals surface area contributed by atoms with Gasteiger partial charge < -0.3 is 9.84 Å². The summed E-state index contributed by atoms with van der Waals surface area (Å²) in [6.07, 6.45) is 0. The van der Waals surface area contributed by atoms with Crippen LogP contribution in [0.3, 0.4) is 0 Å². The zero-order valence-corrected chi connectivity index (χ0v) is 13.0. The molecule has 2 atom stereocenters. The lowest BCUT2D eigenvalue weighted by Crippen LogP contribution is -2.34. The van der Waals surface area contributed by atoms with Crippen molar-refractivity contribution in [1.29, 1.82) is 0 Å².